The maximum absolute atomic E-state index is 13.4. The van der Waals surface area contributed by atoms with Crippen molar-refractivity contribution in [2.24, 2.45) is 0 Å². The highest BCUT2D eigenvalue weighted by Gasteiger charge is 2.40. The van der Waals surface area contributed by atoms with Crippen molar-refractivity contribution in [1.29, 1.82) is 0 Å². The van der Waals surface area contributed by atoms with Crippen LogP contribution >= 0.6 is 0 Å². The first-order valence-corrected chi connectivity index (χ1v) is 17.2. The van der Waals surface area contributed by atoms with Gasteiger partial charge in [-0.2, -0.15) is 0 Å². The minimum absolute atomic E-state index is 0.0782. The van der Waals surface area contributed by atoms with E-state index in [2.05, 4.69) is 15.6 Å². The molecule has 1 aliphatic rings. The van der Waals surface area contributed by atoms with Crippen molar-refractivity contribution in [2.75, 3.05) is 26.2 Å². The number of pyridine rings is 1. The van der Waals surface area contributed by atoms with Crippen molar-refractivity contribution in [3.05, 3.63) is 141 Å². The summed E-state index contributed by atoms with van der Waals surface area (Å²) in [7, 11) is 0. The number of carboxylic acid groups (broad SMARTS) is 1. The number of benzene rings is 4. The summed E-state index contributed by atoms with van der Waals surface area (Å²) in [5, 5.41) is 48.6. The number of nitrogens with zero attached hydrogens (tertiary/aromatic N) is 1. The fourth-order valence-corrected chi connectivity index (χ4v) is 6.56. The largest absolute Gasteiger partial charge is 0.506 e. The van der Waals surface area contributed by atoms with Crippen LogP contribution in [0.2, 0.25) is 0 Å². The minimum atomic E-state index is -2.31. The lowest BCUT2D eigenvalue weighted by Gasteiger charge is -2.33. The average molecular weight is 721 g/mol. The van der Waals surface area contributed by atoms with E-state index in [-0.39, 0.29) is 58.8 Å². The van der Waals surface area contributed by atoms with E-state index in [1.54, 1.807) is 59.5 Å². The molecule has 13 nitrogen and oxygen atoms in total. The van der Waals surface area contributed by atoms with E-state index in [0.29, 0.717) is 49.0 Å². The fourth-order valence-electron chi connectivity index (χ4n) is 6.56. The number of carbonyl (C=O) groups excluding carboxylic acids is 2. The zero-order valence-electron chi connectivity index (χ0n) is 28.7. The molecule has 1 saturated heterocycles. The standard InChI is InChI=1S/C40H40N4O9/c45-33-17-15-31(32-16-18-35(47)43-37(32)33)34(46)22-41-21-25-11-13-26(14-12-25)38(49)44-19-5-9-29(23-44)42-36(48)24-53-30-10-4-8-28(20-30)40(52,39(50)51)27-6-2-1-3-7-27/h1-4,6-8,10-18,20,29,34,41,45-46,52H,5,9,19,21-24H2,(H,42,48)(H,43,47)(H,50,51)/t29-,34+,40+/m1/s1. The topological polar surface area (TPSA) is 202 Å². The second kappa shape index (κ2) is 16.1. The van der Waals surface area contributed by atoms with Gasteiger partial charge in [0.1, 0.15) is 11.5 Å². The molecule has 274 valence electrons. The Balaban J connectivity index is 0.982. The molecule has 2 amide bonds. The number of aliphatic carboxylic acids is 1. The van der Waals surface area contributed by atoms with Gasteiger partial charge in [-0.1, -0.05) is 60.7 Å². The molecule has 1 aliphatic heterocycles. The number of rotatable bonds is 13. The number of piperidine rings is 1. The highest BCUT2D eigenvalue weighted by molar-refractivity contribution is 5.94. The van der Waals surface area contributed by atoms with Gasteiger partial charge >= 0.3 is 5.97 Å². The number of nitrogens with one attached hydrogen (secondary N) is 3. The molecule has 1 fully saturated rings. The van der Waals surface area contributed by atoms with Crippen LogP contribution in [-0.4, -0.2) is 80.4 Å². The molecule has 1 aromatic heterocycles. The Hall–Kier alpha value is -6.02. The van der Waals surface area contributed by atoms with Gasteiger partial charge < -0.3 is 45.7 Å². The fraction of sp³-hybridized carbons (Fsp3) is 0.250. The summed E-state index contributed by atoms with van der Waals surface area (Å²) in [5.74, 6) is -1.87. The number of ether oxygens (including phenoxy) is 1. The van der Waals surface area contributed by atoms with Crippen molar-refractivity contribution in [3.63, 3.8) is 0 Å². The van der Waals surface area contributed by atoms with Gasteiger partial charge in [-0.15, -0.1) is 0 Å². The molecular weight excluding hydrogens is 680 g/mol. The number of aromatic amines is 1. The van der Waals surface area contributed by atoms with Crippen LogP contribution in [0.5, 0.6) is 11.5 Å². The van der Waals surface area contributed by atoms with Crippen LogP contribution in [0.1, 0.15) is 51.6 Å². The lowest BCUT2D eigenvalue weighted by molar-refractivity contribution is -0.155. The molecule has 2 heterocycles. The molecule has 0 bridgehead atoms. The maximum atomic E-state index is 13.4. The number of fused-ring (bicyclic) bond motifs is 1. The summed E-state index contributed by atoms with van der Waals surface area (Å²) < 4.78 is 5.67. The van der Waals surface area contributed by atoms with Gasteiger partial charge in [0.2, 0.25) is 11.2 Å². The van der Waals surface area contributed by atoms with Crippen LogP contribution in [0, 0.1) is 0 Å². The third kappa shape index (κ3) is 8.39. The summed E-state index contributed by atoms with van der Waals surface area (Å²) in [5.41, 5.74) is -0.165. The Morgan fingerprint density at radius 3 is 2.45 bits per heavy atom. The van der Waals surface area contributed by atoms with E-state index in [1.165, 1.54) is 36.4 Å². The molecule has 53 heavy (non-hydrogen) atoms. The molecule has 0 aliphatic carbocycles. The van der Waals surface area contributed by atoms with E-state index in [1.807, 2.05) is 12.1 Å². The normalized spacial score (nSPS) is 16.0. The molecule has 4 aromatic carbocycles. The zero-order chi connectivity index (χ0) is 37.5. The van der Waals surface area contributed by atoms with Gasteiger partial charge in [0.25, 0.3) is 11.8 Å². The molecule has 6 rings (SSSR count). The number of aromatic nitrogens is 1. The number of phenolic OH excluding ortho intramolecular Hbond substituents is 1. The molecule has 3 atom stereocenters. The summed E-state index contributed by atoms with van der Waals surface area (Å²) in [6, 6.07) is 26.8. The number of aliphatic hydroxyl groups excluding tert-OH is 1. The third-order valence-corrected chi connectivity index (χ3v) is 9.33. The van der Waals surface area contributed by atoms with Crippen LogP contribution in [0.3, 0.4) is 0 Å². The lowest BCUT2D eigenvalue weighted by atomic mass is 9.86. The van der Waals surface area contributed by atoms with Gasteiger partial charge in [0.05, 0.1) is 11.6 Å². The average Bonchev–Trinajstić information content (AvgIpc) is 3.17. The van der Waals surface area contributed by atoms with Crippen molar-refractivity contribution >= 4 is 28.7 Å². The second-order valence-corrected chi connectivity index (χ2v) is 13.0. The Labute approximate surface area is 304 Å². The Morgan fingerprint density at radius 1 is 0.943 bits per heavy atom. The van der Waals surface area contributed by atoms with E-state index in [0.717, 1.165) is 5.56 Å². The first-order chi connectivity index (χ1) is 25.5. The molecule has 13 heteroatoms. The molecule has 0 unspecified atom stereocenters. The van der Waals surface area contributed by atoms with Gasteiger partial charge in [-0.05, 0) is 65.9 Å². The minimum Gasteiger partial charge on any atom is -0.506 e. The number of hydrogen-bond acceptors (Lipinski definition) is 9. The Bertz CT molecular complexity index is 2160. The smallest absolute Gasteiger partial charge is 0.345 e. The lowest BCUT2D eigenvalue weighted by Crippen LogP contribution is -2.50. The first-order valence-electron chi connectivity index (χ1n) is 17.2. The van der Waals surface area contributed by atoms with Crippen LogP contribution in [-0.2, 0) is 21.7 Å². The van der Waals surface area contributed by atoms with Crippen LogP contribution in [0.4, 0.5) is 0 Å². The van der Waals surface area contributed by atoms with Crippen LogP contribution in [0.25, 0.3) is 10.9 Å². The van der Waals surface area contributed by atoms with Gasteiger partial charge in [0.15, 0.2) is 6.61 Å². The van der Waals surface area contributed by atoms with Gasteiger partial charge in [-0.3, -0.25) is 14.4 Å². The highest BCUT2D eigenvalue weighted by atomic mass is 16.5. The predicted molar refractivity (Wildman–Crippen MR) is 195 cm³/mol. The zero-order valence-corrected chi connectivity index (χ0v) is 28.7. The maximum Gasteiger partial charge on any atom is 0.345 e. The molecular formula is C40H40N4O9. The molecule has 0 radical (unpaired) electrons. The monoisotopic (exact) mass is 720 g/mol. The van der Waals surface area contributed by atoms with Crippen molar-refractivity contribution in [1.82, 2.24) is 20.5 Å². The number of aliphatic hydroxyl groups is 2. The van der Waals surface area contributed by atoms with Gasteiger partial charge in [0, 0.05) is 54.8 Å². The summed E-state index contributed by atoms with van der Waals surface area (Å²) >= 11 is 0. The van der Waals surface area contributed by atoms with Crippen LogP contribution in [0.15, 0.2) is 108 Å². The Morgan fingerprint density at radius 2 is 1.70 bits per heavy atom. The van der Waals surface area contributed by atoms with Gasteiger partial charge in [-0.25, -0.2) is 4.79 Å². The van der Waals surface area contributed by atoms with E-state index < -0.39 is 23.6 Å². The number of carboxylic acids is 1. The summed E-state index contributed by atoms with van der Waals surface area (Å²) in [6.45, 7) is 1.16. The van der Waals surface area contributed by atoms with E-state index in [9.17, 15) is 39.6 Å². The van der Waals surface area contributed by atoms with Crippen molar-refractivity contribution in [2.45, 2.75) is 37.1 Å². The predicted octanol–water partition coefficient (Wildman–Crippen LogP) is 3.18. The summed E-state index contributed by atoms with van der Waals surface area (Å²) in [4.78, 5) is 54.3. The second-order valence-electron chi connectivity index (χ2n) is 13.0. The number of aromatic hydroxyl groups is 1. The van der Waals surface area contributed by atoms with Crippen molar-refractivity contribution in [3.8, 4) is 11.5 Å². The number of amides is 2. The van der Waals surface area contributed by atoms with E-state index >= 15 is 0 Å². The van der Waals surface area contributed by atoms with E-state index in [4.69, 9.17) is 4.74 Å². The van der Waals surface area contributed by atoms with Crippen LogP contribution < -0.4 is 20.9 Å². The molecule has 0 saturated carbocycles. The SMILES string of the molecule is O=C(COc1cccc([C@](O)(C(=O)O)c2ccccc2)c1)N[C@@H]1CCCN(C(=O)c2ccc(CNC[C@H](O)c3ccc(O)c4[nH]c(=O)ccc34)cc2)C1. The molecule has 0 spiro atoms. The number of phenols is 1. The first kappa shape index (κ1) is 36.8. The number of carbonyl (C=O) groups is 3. The third-order valence-electron chi connectivity index (χ3n) is 9.33. The number of likely N-dealkylation sites (tertiary alicyclic amines) is 1. The molecule has 7 N–H and O–H groups in total. The highest BCUT2D eigenvalue weighted by Crippen LogP contribution is 2.32. The van der Waals surface area contributed by atoms with Crippen molar-refractivity contribution < 1.29 is 39.5 Å². The molecule has 5 aromatic rings. The number of H-pyrrole nitrogens is 1. The summed E-state index contributed by atoms with van der Waals surface area (Å²) in [6.07, 6.45) is 0.478. The number of hydrogen-bond donors (Lipinski definition) is 7. The quantitative estimate of drug-likeness (QED) is 0.0948. The Kier molecular flexibility index (Phi) is 11.2.